The van der Waals surface area contributed by atoms with Crippen molar-refractivity contribution in [3.05, 3.63) is 35.2 Å². The Bertz CT molecular complexity index is 653. The summed E-state index contributed by atoms with van der Waals surface area (Å²) in [5.41, 5.74) is 6.60. The Morgan fingerprint density at radius 1 is 1.25 bits per heavy atom. The summed E-state index contributed by atoms with van der Waals surface area (Å²) in [6.45, 7) is 2.07. The Balaban J connectivity index is 2.22. The van der Waals surface area contributed by atoms with Crippen LogP contribution in [0.15, 0.2) is 30.3 Å². The molecule has 16 heavy (non-hydrogen) atoms. The smallest absolute Gasteiger partial charge is 0.192 e. The van der Waals surface area contributed by atoms with Gasteiger partial charge < -0.3 is 5.73 Å². The van der Waals surface area contributed by atoms with E-state index in [2.05, 4.69) is 23.1 Å². The molecule has 0 fully saturated rings. The molecule has 3 rings (SSSR count). The molecule has 0 spiro atoms. The van der Waals surface area contributed by atoms with E-state index in [9.17, 15) is 0 Å². The quantitative estimate of drug-likeness (QED) is 0.698. The molecule has 0 radical (unpaired) electrons. The van der Waals surface area contributed by atoms with Crippen LogP contribution in [-0.4, -0.2) is 14.6 Å². The third-order valence-corrected chi connectivity index (χ3v) is 3.35. The van der Waals surface area contributed by atoms with E-state index in [0.29, 0.717) is 5.82 Å². The second-order valence-electron chi connectivity index (χ2n) is 3.57. The molecule has 0 bridgehead atoms. The van der Waals surface area contributed by atoms with Crippen LogP contribution in [0, 0.1) is 6.92 Å². The van der Waals surface area contributed by atoms with Gasteiger partial charge in [0.25, 0.3) is 0 Å². The highest BCUT2D eigenvalue weighted by atomic mass is 32.1. The number of thiophene rings is 1. The van der Waals surface area contributed by atoms with E-state index in [1.807, 2.05) is 24.3 Å². The van der Waals surface area contributed by atoms with E-state index in [0.717, 1.165) is 16.3 Å². The number of nitrogens with two attached hydrogens (primary N) is 1. The molecule has 80 valence electrons. The van der Waals surface area contributed by atoms with Crippen LogP contribution >= 0.6 is 11.3 Å². The molecular weight excluding hydrogens is 220 g/mol. The first-order valence-electron chi connectivity index (χ1n) is 4.92. The average Bonchev–Trinajstić information content (AvgIpc) is 2.84. The van der Waals surface area contributed by atoms with Gasteiger partial charge in [-0.05, 0) is 31.2 Å². The van der Waals surface area contributed by atoms with Gasteiger partial charge in [-0.3, -0.25) is 0 Å². The summed E-state index contributed by atoms with van der Waals surface area (Å²) in [4.78, 5) is 6.76. The average molecular weight is 230 g/mol. The van der Waals surface area contributed by atoms with Gasteiger partial charge in [0.15, 0.2) is 11.5 Å². The number of anilines is 1. The maximum Gasteiger partial charge on any atom is 0.192 e. The largest absolute Gasteiger partial charge is 0.384 e. The van der Waals surface area contributed by atoms with Crippen molar-refractivity contribution in [2.75, 3.05) is 5.73 Å². The van der Waals surface area contributed by atoms with Crippen molar-refractivity contribution < 1.29 is 0 Å². The Kier molecular flexibility index (Phi) is 1.94. The lowest BCUT2D eigenvalue weighted by Crippen LogP contribution is -1.96. The molecule has 0 amide bonds. The van der Waals surface area contributed by atoms with Gasteiger partial charge in [0.1, 0.15) is 5.82 Å². The van der Waals surface area contributed by atoms with Crippen LogP contribution in [0.25, 0.3) is 16.3 Å². The number of hydrogen-bond acceptors (Lipinski definition) is 4. The van der Waals surface area contributed by atoms with Gasteiger partial charge in [0.2, 0.25) is 0 Å². The number of rotatable bonds is 1. The summed E-state index contributed by atoms with van der Waals surface area (Å²) in [6, 6.07) is 9.68. The summed E-state index contributed by atoms with van der Waals surface area (Å²) in [7, 11) is 0. The Morgan fingerprint density at radius 2 is 2.12 bits per heavy atom. The van der Waals surface area contributed by atoms with E-state index in [1.54, 1.807) is 15.9 Å². The molecule has 2 N–H and O–H groups in total. The zero-order valence-electron chi connectivity index (χ0n) is 8.71. The van der Waals surface area contributed by atoms with Crippen LogP contribution in [0.5, 0.6) is 0 Å². The van der Waals surface area contributed by atoms with Crippen molar-refractivity contribution in [3.8, 4) is 10.7 Å². The van der Waals surface area contributed by atoms with Crippen LogP contribution in [0.2, 0.25) is 0 Å². The molecule has 0 aromatic carbocycles. The zero-order valence-corrected chi connectivity index (χ0v) is 9.53. The first-order chi connectivity index (χ1) is 7.74. The molecule has 0 aliphatic carbocycles. The summed E-state index contributed by atoms with van der Waals surface area (Å²) >= 11 is 1.68. The molecule has 0 aliphatic heterocycles. The molecule has 3 aromatic rings. The highest BCUT2D eigenvalue weighted by Gasteiger charge is 2.08. The van der Waals surface area contributed by atoms with E-state index in [1.165, 1.54) is 4.88 Å². The fourth-order valence-corrected chi connectivity index (χ4v) is 2.38. The van der Waals surface area contributed by atoms with Crippen molar-refractivity contribution in [3.63, 3.8) is 0 Å². The van der Waals surface area contributed by atoms with Crippen LogP contribution in [0.4, 0.5) is 5.82 Å². The van der Waals surface area contributed by atoms with E-state index < -0.39 is 0 Å². The predicted molar refractivity (Wildman–Crippen MR) is 65.4 cm³/mol. The molecule has 0 aliphatic rings. The van der Waals surface area contributed by atoms with Gasteiger partial charge in [-0.25, -0.2) is 4.98 Å². The number of aromatic nitrogens is 3. The Hall–Kier alpha value is -1.88. The van der Waals surface area contributed by atoms with Crippen molar-refractivity contribution in [2.24, 2.45) is 0 Å². The van der Waals surface area contributed by atoms with Gasteiger partial charge in [-0.15, -0.1) is 16.4 Å². The van der Waals surface area contributed by atoms with Crippen molar-refractivity contribution in [1.29, 1.82) is 0 Å². The second kappa shape index (κ2) is 3.31. The molecular formula is C11H10N4S. The molecule has 5 heteroatoms. The highest BCUT2D eigenvalue weighted by Crippen LogP contribution is 2.25. The Labute approximate surface area is 96.4 Å². The first-order valence-corrected chi connectivity index (χ1v) is 5.74. The van der Waals surface area contributed by atoms with Crippen molar-refractivity contribution in [1.82, 2.24) is 14.6 Å². The lowest BCUT2D eigenvalue weighted by molar-refractivity contribution is 0.980. The zero-order chi connectivity index (χ0) is 11.1. The third kappa shape index (κ3) is 1.37. The third-order valence-electron chi connectivity index (χ3n) is 2.35. The molecule has 3 aromatic heterocycles. The molecule has 0 atom stereocenters. The minimum absolute atomic E-state index is 0.601. The number of nitrogens with zero attached hydrogens (tertiary/aromatic N) is 3. The van der Waals surface area contributed by atoms with Gasteiger partial charge >= 0.3 is 0 Å². The number of fused-ring (bicyclic) bond motifs is 1. The summed E-state index contributed by atoms with van der Waals surface area (Å²) in [5, 5.41) is 4.39. The molecule has 3 heterocycles. The molecule has 0 saturated heterocycles. The molecule has 0 saturated carbocycles. The van der Waals surface area contributed by atoms with Gasteiger partial charge in [0.05, 0.1) is 4.88 Å². The minimum Gasteiger partial charge on any atom is -0.384 e. The van der Waals surface area contributed by atoms with Crippen molar-refractivity contribution >= 4 is 22.8 Å². The lowest BCUT2D eigenvalue weighted by Gasteiger charge is -1.93. The van der Waals surface area contributed by atoms with Gasteiger partial charge in [-0.2, -0.15) is 4.52 Å². The van der Waals surface area contributed by atoms with Crippen molar-refractivity contribution in [2.45, 2.75) is 6.92 Å². The standard InChI is InChI=1S/C11H10N4S/c1-7-5-6-8(16-7)11-13-10-4-2-3-9(12)15(10)14-11/h2-6H,12H2,1H3. The maximum absolute atomic E-state index is 5.82. The normalized spacial score (nSPS) is 11.1. The van der Waals surface area contributed by atoms with Crippen LogP contribution < -0.4 is 5.73 Å². The van der Waals surface area contributed by atoms with Crippen LogP contribution in [0.1, 0.15) is 4.88 Å². The Morgan fingerprint density at radius 3 is 2.81 bits per heavy atom. The minimum atomic E-state index is 0.601. The summed E-state index contributed by atoms with van der Waals surface area (Å²) < 4.78 is 1.66. The lowest BCUT2D eigenvalue weighted by atomic mass is 10.4. The SMILES string of the molecule is Cc1ccc(-c2nc3cccc(N)n3n2)s1. The number of nitrogen functional groups attached to an aromatic ring is 1. The molecule has 4 nitrogen and oxygen atoms in total. The van der Waals surface area contributed by atoms with E-state index in [-0.39, 0.29) is 0 Å². The monoisotopic (exact) mass is 230 g/mol. The highest BCUT2D eigenvalue weighted by molar-refractivity contribution is 7.15. The van der Waals surface area contributed by atoms with Gasteiger partial charge in [-0.1, -0.05) is 6.07 Å². The second-order valence-corrected chi connectivity index (χ2v) is 4.85. The fraction of sp³-hybridized carbons (Fsp3) is 0.0909. The van der Waals surface area contributed by atoms with Gasteiger partial charge in [0, 0.05) is 4.88 Å². The first kappa shape index (κ1) is 9.35. The summed E-state index contributed by atoms with van der Waals surface area (Å²) in [6.07, 6.45) is 0. The topological polar surface area (TPSA) is 56.2 Å². The fourth-order valence-electron chi connectivity index (χ4n) is 1.58. The van der Waals surface area contributed by atoms with E-state index in [4.69, 9.17) is 5.73 Å². The number of pyridine rings is 1. The van der Waals surface area contributed by atoms with E-state index >= 15 is 0 Å². The summed E-state index contributed by atoms with van der Waals surface area (Å²) in [5.74, 6) is 1.33. The number of aryl methyl sites for hydroxylation is 1. The van der Waals surface area contributed by atoms with Crippen LogP contribution in [-0.2, 0) is 0 Å². The number of hydrogen-bond donors (Lipinski definition) is 1. The van der Waals surface area contributed by atoms with Crippen LogP contribution in [0.3, 0.4) is 0 Å². The maximum atomic E-state index is 5.82. The predicted octanol–water partition coefficient (Wildman–Crippen LogP) is 2.35. The molecule has 0 unspecified atom stereocenters.